The molecule has 0 spiro atoms. The number of unbranched alkanes of at least 4 members (excludes halogenated alkanes) is 15. The molecule has 0 saturated carbocycles. The normalized spacial score (nSPS) is 22.4. The summed E-state index contributed by atoms with van der Waals surface area (Å²) in [5.41, 5.74) is 0. The second kappa shape index (κ2) is 28.7. The zero-order chi connectivity index (χ0) is 33.8. The molecule has 1 heterocycles. The summed E-state index contributed by atoms with van der Waals surface area (Å²) in [6.45, 7) is 4.09. The van der Waals surface area contributed by atoms with Gasteiger partial charge in [-0.25, -0.2) is 0 Å². The largest absolute Gasteiger partial charge is 0.394 e. The van der Waals surface area contributed by atoms with Gasteiger partial charge in [0.15, 0.2) is 6.29 Å². The zero-order valence-corrected chi connectivity index (χ0v) is 29.4. The van der Waals surface area contributed by atoms with Crippen molar-refractivity contribution in [3.63, 3.8) is 0 Å². The van der Waals surface area contributed by atoms with Crippen molar-refractivity contribution in [2.75, 3.05) is 6.61 Å². The summed E-state index contributed by atoms with van der Waals surface area (Å²) in [6.07, 6.45) is 27.0. The summed E-state index contributed by atoms with van der Waals surface area (Å²) < 4.78 is 5.66. The van der Waals surface area contributed by atoms with E-state index in [1.54, 1.807) is 12.2 Å². The minimum Gasteiger partial charge on any atom is -0.394 e. The molecule has 8 nitrogen and oxygen atoms in total. The van der Waals surface area contributed by atoms with Gasteiger partial charge in [0.1, 0.15) is 0 Å². The predicted octanol–water partition coefficient (Wildman–Crippen LogP) is 7.00. The van der Waals surface area contributed by atoms with E-state index in [1.807, 2.05) is 12.2 Å². The zero-order valence-electron chi connectivity index (χ0n) is 29.4. The summed E-state index contributed by atoms with van der Waals surface area (Å²) in [4.78, 5) is 12.5. The highest BCUT2D eigenvalue weighted by Crippen LogP contribution is 2.29. The molecule has 0 bridgehead atoms. The van der Waals surface area contributed by atoms with Gasteiger partial charge in [0, 0.05) is 18.8 Å². The smallest absolute Gasteiger partial charge is 0.220 e. The first-order valence-corrected chi connectivity index (χ1v) is 18.9. The minimum absolute atomic E-state index is 0.152. The van der Waals surface area contributed by atoms with E-state index in [2.05, 4.69) is 19.2 Å². The molecule has 46 heavy (non-hydrogen) atoms. The molecule has 1 rings (SSSR count). The Morgan fingerprint density at radius 1 is 0.804 bits per heavy atom. The topological polar surface area (TPSA) is 139 Å². The van der Waals surface area contributed by atoms with Gasteiger partial charge in [0.2, 0.25) is 5.91 Å². The Kier molecular flexibility index (Phi) is 26.7. The van der Waals surface area contributed by atoms with Crippen LogP contribution in [0.2, 0.25) is 0 Å². The highest BCUT2D eigenvalue weighted by Gasteiger charge is 2.35. The quantitative estimate of drug-likeness (QED) is 0.0377. The van der Waals surface area contributed by atoms with Gasteiger partial charge in [0.05, 0.1) is 37.1 Å². The number of aliphatic hydroxyl groups excluding tert-OH is 5. The van der Waals surface area contributed by atoms with Gasteiger partial charge in [-0.1, -0.05) is 141 Å². The Balaban J connectivity index is 2.23. The average molecular weight is 654 g/mol. The third-order valence-corrected chi connectivity index (χ3v) is 9.26. The highest BCUT2D eigenvalue weighted by atomic mass is 16.6. The molecule has 270 valence electrons. The average Bonchev–Trinajstić information content (AvgIpc) is 3.03. The number of ether oxygens (including phenoxy) is 1. The lowest BCUT2D eigenvalue weighted by atomic mass is 9.87. The van der Waals surface area contributed by atoms with Crippen LogP contribution in [-0.4, -0.2) is 74.8 Å². The third-order valence-electron chi connectivity index (χ3n) is 9.26. The first-order chi connectivity index (χ1) is 22.3. The molecular formula is C38H71NO7. The van der Waals surface area contributed by atoms with Crippen LogP contribution in [0, 0.1) is 5.92 Å². The molecule has 1 amide bonds. The third kappa shape index (κ3) is 21.6. The number of amides is 1. The number of rotatable bonds is 29. The Hall–Kier alpha value is -1.29. The van der Waals surface area contributed by atoms with E-state index in [0.717, 1.165) is 32.1 Å². The molecule has 0 aromatic heterocycles. The highest BCUT2D eigenvalue weighted by molar-refractivity contribution is 5.76. The predicted molar refractivity (Wildman–Crippen MR) is 187 cm³/mol. The summed E-state index contributed by atoms with van der Waals surface area (Å²) in [6, 6.07) is -0.640. The molecule has 1 fully saturated rings. The summed E-state index contributed by atoms with van der Waals surface area (Å²) in [5, 5.41) is 53.8. The van der Waals surface area contributed by atoms with E-state index < -0.39 is 36.7 Å². The maximum Gasteiger partial charge on any atom is 0.220 e. The SMILES string of the molecule is CCCCCCCCCCCCCCC[C@@H](O)[C@H](CO)NC(=O)CCC/C=C\C[C@H]1[C@@H](O)CC(O)O[C@@H]1/C=C/[C@@H](O)CCCCC. The second-order valence-electron chi connectivity index (χ2n) is 13.5. The molecule has 0 aromatic rings. The first-order valence-electron chi connectivity index (χ1n) is 18.9. The molecule has 0 aliphatic carbocycles. The van der Waals surface area contributed by atoms with Gasteiger partial charge in [-0.2, -0.15) is 0 Å². The van der Waals surface area contributed by atoms with Gasteiger partial charge in [-0.15, -0.1) is 0 Å². The molecule has 1 unspecified atom stereocenters. The van der Waals surface area contributed by atoms with Gasteiger partial charge < -0.3 is 35.6 Å². The number of carbonyl (C=O) groups is 1. The minimum atomic E-state index is -1.03. The lowest BCUT2D eigenvalue weighted by Gasteiger charge is -2.36. The monoisotopic (exact) mass is 654 g/mol. The Bertz CT molecular complexity index is 776. The maximum absolute atomic E-state index is 12.5. The molecule has 6 N–H and O–H groups in total. The van der Waals surface area contributed by atoms with Crippen LogP contribution in [0.3, 0.4) is 0 Å². The molecule has 0 aromatic carbocycles. The van der Waals surface area contributed by atoms with Gasteiger partial charge in [0.25, 0.3) is 0 Å². The maximum atomic E-state index is 12.5. The van der Waals surface area contributed by atoms with Crippen LogP contribution in [0.25, 0.3) is 0 Å². The second-order valence-corrected chi connectivity index (χ2v) is 13.5. The van der Waals surface area contributed by atoms with Crippen LogP contribution < -0.4 is 5.32 Å². The van der Waals surface area contributed by atoms with Gasteiger partial charge >= 0.3 is 0 Å². The molecule has 8 heteroatoms. The van der Waals surface area contributed by atoms with Crippen molar-refractivity contribution in [2.24, 2.45) is 5.92 Å². The van der Waals surface area contributed by atoms with Crippen molar-refractivity contribution < 1.29 is 35.1 Å². The van der Waals surface area contributed by atoms with Gasteiger partial charge in [-0.3, -0.25) is 4.79 Å². The van der Waals surface area contributed by atoms with E-state index in [1.165, 1.54) is 70.6 Å². The van der Waals surface area contributed by atoms with Crippen LogP contribution in [0.1, 0.15) is 162 Å². The molecule has 1 saturated heterocycles. The lowest BCUT2D eigenvalue weighted by Crippen LogP contribution is -2.45. The van der Waals surface area contributed by atoms with Crippen LogP contribution in [-0.2, 0) is 9.53 Å². The van der Waals surface area contributed by atoms with Crippen molar-refractivity contribution in [3.05, 3.63) is 24.3 Å². The molecule has 1 aliphatic rings. The van der Waals surface area contributed by atoms with Crippen LogP contribution in [0.4, 0.5) is 0 Å². The first kappa shape index (κ1) is 42.7. The van der Waals surface area contributed by atoms with Crippen molar-refractivity contribution in [1.29, 1.82) is 0 Å². The Labute approximate surface area is 281 Å². The van der Waals surface area contributed by atoms with E-state index >= 15 is 0 Å². The number of carbonyl (C=O) groups excluding carboxylic acids is 1. The van der Waals surface area contributed by atoms with E-state index in [0.29, 0.717) is 38.5 Å². The summed E-state index contributed by atoms with van der Waals surface area (Å²) in [7, 11) is 0. The summed E-state index contributed by atoms with van der Waals surface area (Å²) in [5.74, 6) is -0.409. The fourth-order valence-electron chi connectivity index (χ4n) is 6.22. The van der Waals surface area contributed by atoms with Crippen molar-refractivity contribution in [1.82, 2.24) is 5.32 Å². The van der Waals surface area contributed by atoms with Crippen molar-refractivity contribution >= 4 is 5.91 Å². The van der Waals surface area contributed by atoms with E-state index in [-0.39, 0.29) is 24.9 Å². The number of aliphatic hydroxyl groups is 5. The van der Waals surface area contributed by atoms with Gasteiger partial charge in [-0.05, 0) is 32.1 Å². The number of nitrogens with one attached hydrogen (secondary N) is 1. The molecule has 7 atom stereocenters. The molecule has 0 radical (unpaired) electrons. The number of hydrogen-bond acceptors (Lipinski definition) is 7. The van der Waals surface area contributed by atoms with Crippen LogP contribution >= 0.6 is 0 Å². The van der Waals surface area contributed by atoms with Crippen LogP contribution in [0.15, 0.2) is 24.3 Å². The lowest BCUT2D eigenvalue weighted by molar-refractivity contribution is -0.199. The number of allylic oxidation sites excluding steroid dienone is 2. The number of hydrogen-bond donors (Lipinski definition) is 6. The van der Waals surface area contributed by atoms with E-state index in [4.69, 9.17) is 4.74 Å². The standard InChI is InChI=1S/C38H71NO7/c1-3-5-7-8-9-10-11-12-13-14-15-16-21-25-34(42)33(30-40)39-37(44)26-22-18-17-20-24-32-35(43)29-38(45)46-36(32)28-27-31(41)23-19-6-4-2/h17,20,27-28,31-36,38,40-43,45H,3-16,18-19,21-26,29-30H2,1-2H3,(H,39,44)/b20-17-,28-27+/t31-,32-,33-,34+,35-,36+,38?/m0/s1. The Morgan fingerprint density at radius 2 is 1.37 bits per heavy atom. The fraction of sp³-hybridized carbons (Fsp3) is 0.868. The Morgan fingerprint density at radius 3 is 1.98 bits per heavy atom. The van der Waals surface area contributed by atoms with Crippen molar-refractivity contribution in [2.45, 2.75) is 198 Å². The van der Waals surface area contributed by atoms with Crippen LogP contribution in [0.5, 0.6) is 0 Å². The fourth-order valence-corrected chi connectivity index (χ4v) is 6.22. The van der Waals surface area contributed by atoms with Crippen molar-refractivity contribution in [3.8, 4) is 0 Å². The molecule has 1 aliphatic heterocycles. The van der Waals surface area contributed by atoms with E-state index in [9.17, 15) is 30.3 Å². The summed E-state index contributed by atoms with van der Waals surface area (Å²) >= 11 is 0. The molecular weight excluding hydrogens is 582 g/mol.